The van der Waals surface area contributed by atoms with Gasteiger partial charge in [-0.1, -0.05) is 24.6 Å². The molecule has 7 nitrogen and oxygen atoms in total. The molecule has 32 heavy (non-hydrogen) atoms. The van der Waals surface area contributed by atoms with E-state index >= 15 is 0 Å². The van der Waals surface area contributed by atoms with Crippen LogP contribution in [0.1, 0.15) is 42.8 Å². The molecule has 0 bridgehead atoms. The number of hydrogen-bond donors (Lipinski definition) is 2. The molecule has 0 radical (unpaired) electrons. The van der Waals surface area contributed by atoms with Crippen LogP contribution in [0.4, 0.5) is 0 Å². The van der Waals surface area contributed by atoms with E-state index in [-0.39, 0.29) is 41.8 Å². The van der Waals surface area contributed by atoms with Gasteiger partial charge in [0.1, 0.15) is 6.04 Å². The second-order valence-corrected chi connectivity index (χ2v) is 11.3. The van der Waals surface area contributed by atoms with E-state index in [4.69, 9.17) is 11.6 Å². The van der Waals surface area contributed by atoms with Gasteiger partial charge in [-0.15, -0.1) is 11.3 Å². The molecule has 2 N–H and O–H groups in total. The van der Waals surface area contributed by atoms with Gasteiger partial charge in [0, 0.05) is 24.2 Å². The predicted molar refractivity (Wildman–Crippen MR) is 126 cm³/mol. The van der Waals surface area contributed by atoms with Crippen molar-refractivity contribution in [3.63, 3.8) is 0 Å². The number of thiophene rings is 1. The Morgan fingerprint density at radius 3 is 2.38 bits per heavy atom. The molecule has 0 unspecified atom stereocenters. The van der Waals surface area contributed by atoms with E-state index in [1.165, 1.54) is 27.8 Å². The Kier molecular flexibility index (Phi) is 8.32. The van der Waals surface area contributed by atoms with Gasteiger partial charge >= 0.3 is 0 Å². The van der Waals surface area contributed by atoms with Crippen molar-refractivity contribution in [2.75, 3.05) is 13.1 Å². The molecule has 1 aliphatic heterocycles. The lowest BCUT2D eigenvalue weighted by atomic mass is 9.89. The number of carbonyl (C=O) groups excluding carboxylic acids is 2. The standard InChI is InChI=1S/C22H28ClN3O4S2/c1-3-15(2)24-22(28)20(25-21(27)19-5-4-14-31-19)16-10-12-26(13-11-16)32(29,30)18-8-6-17(23)7-9-18/h4-9,14-16,20H,3,10-13H2,1-2H3,(H,24,28)(H,25,27)/t15-,20-/m0/s1. The highest BCUT2D eigenvalue weighted by atomic mass is 35.5. The molecule has 1 aromatic carbocycles. The highest BCUT2D eigenvalue weighted by molar-refractivity contribution is 7.89. The van der Waals surface area contributed by atoms with E-state index in [1.807, 2.05) is 19.2 Å². The molecule has 2 amide bonds. The van der Waals surface area contributed by atoms with E-state index in [0.717, 1.165) is 6.42 Å². The normalized spacial score (nSPS) is 17.5. The molecule has 10 heteroatoms. The zero-order chi connectivity index (χ0) is 23.3. The average molecular weight is 498 g/mol. The largest absolute Gasteiger partial charge is 0.352 e. The number of rotatable bonds is 8. The van der Waals surface area contributed by atoms with Crippen LogP contribution in [-0.2, 0) is 14.8 Å². The van der Waals surface area contributed by atoms with E-state index < -0.39 is 16.1 Å². The van der Waals surface area contributed by atoms with Gasteiger partial charge in [-0.2, -0.15) is 4.31 Å². The maximum absolute atomic E-state index is 13.0. The van der Waals surface area contributed by atoms with Crippen molar-refractivity contribution in [2.24, 2.45) is 5.92 Å². The minimum atomic E-state index is -3.64. The van der Waals surface area contributed by atoms with E-state index in [9.17, 15) is 18.0 Å². The van der Waals surface area contributed by atoms with E-state index in [2.05, 4.69) is 10.6 Å². The number of benzene rings is 1. The summed E-state index contributed by atoms with van der Waals surface area (Å²) in [6, 6.07) is 8.85. The maximum Gasteiger partial charge on any atom is 0.262 e. The van der Waals surface area contributed by atoms with Crippen molar-refractivity contribution >= 4 is 44.8 Å². The van der Waals surface area contributed by atoms with Crippen LogP contribution in [-0.4, -0.2) is 49.7 Å². The molecule has 2 aromatic rings. The van der Waals surface area contributed by atoms with Gasteiger partial charge in [0.05, 0.1) is 9.77 Å². The molecule has 1 aromatic heterocycles. The summed E-state index contributed by atoms with van der Waals surface area (Å²) in [6.45, 7) is 4.44. The summed E-state index contributed by atoms with van der Waals surface area (Å²) in [5.41, 5.74) is 0. The van der Waals surface area contributed by atoms with Crippen molar-refractivity contribution in [2.45, 2.75) is 50.1 Å². The molecule has 174 valence electrons. The molecule has 3 rings (SSSR count). The molecular weight excluding hydrogens is 470 g/mol. The third-order valence-corrected chi connectivity index (χ3v) is 8.77. The van der Waals surface area contributed by atoms with Crippen molar-refractivity contribution in [1.29, 1.82) is 0 Å². The summed E-state index contributed by atoms with van der Waals surface area (Å²) in [5.74, 6) is -0.691. The molecular formula is C22H28ClN3O4S2. The molecule has 2 heterocycles. The van der Waals surface area contributed by atoms with Crippen LogP contribution in [0, 0.1) is 5.92 Å². The molecule has 1 aliphatic rings. The number of carbonyl (C=O) groups is 2. The Morgan fingerprint density at radius 1 is 1.16 bits per heavy atom. The van der Waals surface area contributed by atoms with Crippen molar-refractivity contribution in [3.8, 4) is 0 Å². The Bertz CT molecular complexity index is 1020. The van der Waals surface area contributed by atoms with Crippen LogP contribution in [0.25, 0.3) is 0 Å². The van der Waals surface area contributed by atoms with Crippen LogP contribution in [0.5, 0.6) is 0 Å². The molecule has 1 fully saturated rings. The minimum absolute atomic E-state index is 0.0194. The van der Waals surface area contributed by atoms with Gasteiger partial charge in [-0.3, -0.25) is 9.59 Å². The fraction of sp³-hybridized carbons (Fsp3) is 0.455. The van der Waals surface area contributed by atoms with Gasteiger partial charge in [0.15, 0.2) is 0 Å². The highest BCUT2D eigenvalue weighted by Gasteiger charge is 2.36. The van der Waals surface area contributed by atoms with Gasteiger partial charge < -0.3 is 10.6 Å². The Hall–Kier alpha value is -1.94. The predicted octanol–water partition coefficient (Wildman–Crippen LogP) is 3.52. The number of nitrogens with zero attached hydrogens (tertiary/aromatic N) is 1. The van der Waals surface area contributed by atoms with Crippen molar-refractivity contribution < 1.29 is 18.0 Å². The second-order valence-electron chi connectivity index (χ2n) is 7.94. The lowest BCUT2D eigenvalue weighted by Crippen LogP contribution is -2.55. The number of sulfonamides is 1. The van der Waals surface area contributed by atoms with Crippen molar-refractivity contribution in [1.82, 2.24) is 14.9 Å². The molecule has 2 atom stereocenters. The summed E-state index contributed by atoms with van der Waals surface area (Å²) >= 11 is 7.19. The minimum Gasteiger partial charge on any atom is -0.352 e. The monoisotopic (exact) mass is 497 g/mol. The van der Waals surface area contributed by atoms with Gasteiger partial charge in [-0.05, 0) is 67.8 Å². The quantitative estimate of drug-likeness (QED) is 0.583. The number of halogens is 1. The maximum atomic E-state index is 13.0. The number of nitrogens with one attached hydrogen (secondary N) is 2. The van der Waals surface area contributed by atoms with E-state index in [0.29, 0.717) is 22.7 Å². The first-order chi connectivity index (χ1) is 15.2. The topological polar surface area (TPSA) is 95.6 Å². The summed E-state index contributed by atoms with van der Waals surface area (Å²) in [6.07, 6.45) is 1.71. The zero-order valence-electron chi connectivity index (χ0n) is 18.1. The zero-order valence-corrected chi connectivity index (χ0v) is 20.5. The average Bonchev–Trinajstić information content (AvgIpc) is 3.32. The fourth-order valence-electron chi connectivity index (χ4n) is 3.66. The lowest BCUT2D eigenvalue weighted by molar-refractivity contribution is -0.125. The summed E-state index contributed by atoms with van der Waals surface area (Å²) in [7, 11) is -3.64. The Labute approximate surface area is 198 Å². The Morgan fingerprint density at radius 2 is 1.81 bits per heavy atom. The SMILES string of the molecule is CC[C@H](C)NC(=O)[C@@H](NC(=O)c1cccs1)C1CCN(S(=O)(=O)c2ccc(Cl)cc2)CC1. The first kappa shape index (κ1) is 24.7. The summed E-state index contributed by atoms with van der Waals surface area (Å²) in [4.78, 5) is 26.4. The van der Waals surface area contributed by atoms with Gasteiger partial charge in [-0.25, -0.2) is 8.42 Å². The molecule has 0 saturated carbocycles. The number of piperidine rings is 1. The first-order valence-corrected chi connectivity index (χ1v) is 13.3. The fourth-order valence-corrected chi connectivity index (χ4v) is 5.88. The van der Waals surface area contributed by atoms with Crippen LogP contribution >= 0.6 is 22.9 Å². The third-order valence-electron chi connectivity index (χ3n) is 5.74. The lowest BCUT2D eigenvalue weighted by Gasteiger charge is -2.35. The summed E-state index contributed by atoms with van der Waals surface area (Å²) < 4.78 is 27.4. The first-order valence-electron chi connectivity index (χ1n) is 10.6. The smallest absolute Gasteiger partial charge is 0.262 e. The van der Waals surface area contributed by atoms with Crippen molar-refractivity contribution in [3.05, 3.63) is 51.7 Å². The number of amides is 2. The molecule has 0 spiro atoms. The van der Waals surface area contributed by atoms with E-state index in [1.54, 1.807) is 24.3 Å². The molecule has 0 aliphatic carbocycles. The van der Waals surface area contributed by atoms with Crippen LogP contribution in [0.3, 0.4) is 0 Å². The van der Waals surface area contributed by atoms with Gasteiger partial charge in [0.2, 0.25) is 15.9 Å². The van der Waals surface area contributed by atoms with Gasteiger partial charge in [0.25, 0.3) is 5.91 Å². The summed E-state index contributed by atoms with van der Waals surface area (Å²) in [5, 5.41) is 8.12. The number of hydrogen-bond acceptors (Lipinski definition) is 5. The Balaban J connectivity index is 1.71. The third kappa shape index (κ3) is 5.89. The van der Waals surface area contributed by atoms with Crippen LogP contribution in [0.15, 0.2) is 46.7 Å². The highest BCUT2D eigenvalue weighted by Crippen LogP contribution is 2.27. The second kappa shape index (κ2) is 10.8. The van der Waals surface area contributed by atoms with Crippen LogP contribution < -0.4 is 10.6 Å². The molecule has 1 saturated heterocycles. The van der Waals surface area contributed by atoms with Crippen LogP contribution in [0.2, 0.25) is 5.02 Å².